The number of rotatable bonds is 16. The van der Waals surface area contributed by atoms with Gasteiger partial charge in [-0.1, -0.05) is 140 Å². The van der Waals surface area contributed by atoms with Crippen LogP contribution in [0.4, 0.5) is 5.69 Å². The molecule has 184 valence electrons. The van der Waals surface area contributed by atoms with E-state index in [4.69, 9.17) is 0 Å². The minimum atomic E-state index is -0.157. The van der Waals surface area contributed by atoms with Gasteiger partial charge in [-0.15, -0.1) is 11.8 Å². The lowest BCUT2D eigenvalue weighted by molar-refractivity contribution is -0.115. The topological polar surface area (TPSA) is 29.1 Å². The fraction of sp³-hybridized carbons (Fsp3) is 0.567. The van der Waals surface area contributed by atoms with E-state index in [9.17, 15) is 4.79 Å². The van der Waals surface area contributed by atoms with E-state index in [0.717, 1.165) is 17.0 Å². The number of amides is 1. The summed E-state index contributed by atoms with van der Waals surface area (Å²) in [7, 11) is 0. The van der Waals surface area contributed by atoms with Gasteiger partial charge in [-0.25, -0.2) is 0 Å². The molecule has 1 atom stereocenters. The number of carbonyl (C=O) groups excluding carboxylic acids is 1. The van der Waals surface area contributed by atoms with Gasteiger partial charge in [-0.2, -0.15) is 0 Å². The Morgan fingerprint density at radius 1 is 0.667 bits per heavy atom. The predicted molar refractivity (Wildman–Crippen MR) is 149 cm³/mol. The molecule has 0 bridgehead atoms. The van der Waals surface area contributed by atoms with E-state index >= 15 is 0 Å². The third kappa shape index (κ3) is 14.9. The summed E-state index contributed by atoms with van der Waals surface area (Å²) in [6.07, 6.45) is 16.0. The van der Waals surface area contributed by atoms with Crippen molar-refractivity contribution in [1.82, 2.24) is 0 Å². The number of hydrogen-bond donors (Lipinski definition) is 1. The number of nitrogens with one attached hydrogen (secondary N) is 1. The zero-order valence-corrected chi connectivity index (χ0v) is 22.2. The van der Waals surface area contributed by atoms with E-state index in [1.54, 1.807) is 11.8 Å². The molecular weight excluding hydrogens is 422 g/mol. The Kier molecular flexibility index (Phi) is 18.5. The zero-order valence-electron chi connectivity index (χ0n) is 21.4. The summed E-state index contributed by atoms with van der Waals surface area (Å²) in [4.78, 5) is 12.9. The Morgan fingerprint density at radius 2 is 1.15 bits per heavy atom. The van der Waals surface area contributed by atoms with Crippen molar-refractivity contribution in [2.45, 2.75) is 103 Å². The highest BCUT2D eigenvalue weighted by atomic mass is 32.2. The molecule has 1 N–H and O–H groups in total. The average Bonchev–Trinajstić information content (AvgIpc) is 2.86. The van der Waals surface area contributed by atoms with Crippen LogP contribution in [0.5, 0.6) is 0 Å². The number of benzene rings is 2. The van der Waals surface area contributed by atoms with E-state index in [-0.39, 0.29) is 11.2 Å². The first kappa shape index (κ1) is 29.3. The van der Waals surface area contributed by atoms with Crippen LogP contribution in [0.15, 0.2) is 60.7 Å². The standard InChI is InChI=1S/C26H37NOS.C4H10/c1-2-3-4-5-6-7-8-9-10-17-22-29-25(23-18-13-11-14-19-23)26(28)27-24-20-15-12-16-21-24;1-3-4-2/h11-16,18-21,25H,2-10,17,22H2,1H3,(H,27,28);3-4H2,1-2H3. The zero-order chi connectivity index (χ0) is 24.0. The maximum absolute atomic E-state index is 12.9. The second kappa shape index (κ2) is 20.8. The maximum atomic E-state index is 12.9. The molecule has 1 unspecified atom stereocenters. The van der Waals surface area contributed by atoms with Crippen molar-refractivity contribution >= 4 is 23.4 Å². The van der Waals surface area contributed by atoms with E-state index in [2.05, 4.69) is 38.2 Å². The lowest BCUT2D eigenvalue weighted by Crippen LogP contribution is -2.19. The van der Waals surface area contributed by atoms with Crippen LogP contribution >= 0.6 is 11.8 Å². The van der Waals surface area contributed by atoms with E-state index in [0.29, 0.717) is 0 Å². The van der Waals surface area contributed by atoms with E-state index in [1.807, 2.05) is 48.5 Å². The maximum Gasteiger partial charge on any atom is 0.241 e. The van der Waals surface area contributed by atoms with Gasteiger partial charge in [0, 0.05) is 5.69 Å². The van der Waals surface area contributed by atoms with Crippen LogP contribution in [0.3, 0.4) is 0 Å². The molecule has 0 spiro atoms. The Labute approximate surface area is 208 Å². The van der Waals surface area contributed by atoms with Gasteiger partial charge in [0.25, 0.3) is 0 Å². The normalized spacial score (nSPS) is 11.4. The quantitative estimate of drug-likeness (QED) is 0.248. The Bertz CT molecular complexity index is 687. The van der Waals surface area contributed by atoms with Gasteiger partial charge in [0.2, 0.25) is 5.91 Å². The first-order valence-electron chi connectivity index (χ1n) is 13.2. The Balaban J connectivity index is 0.00000125. The summed E-state index contributed by atoms with van der Waals surface area (Å²) in [5.41, 5.74) is 1.94. The van der Waals surface area contributed by atoms with Crippen molar-refractivity contribution in [3.63, 3.8) is 0 Å². The fourth-order valence-electron chi connectivity index (χ4n) is 3.47. The van der Waals surface area contributed by atoms with E-state index < -0.39 is 0 Å². The highest BCUT2D eigenvalue weighted by molar-refractivity contribution is 8.00. The molecule has 0 aliphatic rings. The molecule has 0 saturated carbocycles. The van der Waals surface area contributed by atoms with Crippen molar-refractivity contribution in [2.24, 2.45) is 0 Å². The molecule has 1 amide bonds. The van der Waals surface area contributed by atoms with Gasteiger partial charge in [0.1, 0.15) is 5.25 Å². The third-order valence-electron chi connectivity index (χ3n) is 5.66. The largest absolute Gasteiger partial charge is 0.325 e. The molecule has 2 rings (SSSR count). The minimum absolute atomic E-state index is 0.0690. The smallest absolute Gasteiger partial charge is 0.241 e. The molecule has 2 aromatic rings. The molecular formula is C30H47NOS. The lowest BCUT2D eigenvalue weighted by atomic mass is 10.1. The summed E-state index contributed by atoms with van der Waals surface area (Å²) < 4.78 is 0. The first-order chi connectivity index (χ1) is 16.2. The second-order valence-corrected chi connectivity index (χ2v) is 9.91. The van der Waals surface area contributed by atoms with Gasteiger partial charge in [-0.05, 0) is 29.9 Å². The van der Waals surface area contributed by atoms with Crippen LogP contribution in [-0.4, -0.2) is 11.7 Å². The molecule has 0 aromatic heterocycles. The third-order valence-corrected chi connectivity index (χ3v) is 7.01. The Morgan fingerprint density at radius 3 is 1.67 bits per heavy atom. The van der Waals surface area contributed by atoms with Crippen LogP contribution in [0.1, 0.15) is 109 Å². The summed E-state index contributed by atoms with van der Waals surface area (Å²) in [5, 5.41) is 2.91. The van der Waals surface area contributed by atoms with Crippen LogP contribution < -0.4 is 5.32 Å². The molecule has 0 radical (unpaired) electrons. The number of para-hydroxylation sites is 1. The molecule has 2 nitrogen and oxygen atoms in total. The molecule has 3 heteroatoms. The van der Waals surface area contributed by atoms with Gasteiger partial charge in [0.05, 0.1) is 0 Å². The average molecular weight is 470 g/mol. The van der Waals surface area contributed by atoms with Gasteiger partial charge in [0.15, 0.2) is 0 Å². The number of anilines is 1. The van der Waals surface area contributed by atoms with Crippen LogP contribution in [0, 0.1) is 0 Å². The van der Waals surface area contributed by atoms with Crippen LogP contribution in [0.25, 0.3) is 0 Å². The highest BCUT2D eigenvalue weighted by Gasteiger charge is 2.20. The molecule has 0 heterocycles. The van der Waals surface area contributed by atoms with E-state index in [1.165, 1.54) is 77.0 Å². The highest BCUT2D eigenvalue weighted by Crippen LogP contribution is 2.31. The summed E-state index contributed by atoms with van der Waals surface area (Å²) >= 11 is 1.77. The minimum Gasteiger partial charge on any atom is -0.325 e. The Hall–Kier alpha value is -1.74. The number of carbonyl (C=O) groups is 1. The molecule has 0 aliphatic heterocycles. The summed E-state index contributed by atoms with van der Waals surface area (Å²) in [6, 6.07) is 19.9. The van der Waals surface area contributed by atoms with Gasteiger partial charge < -0.3 is 5.32 Å². The SMILES string of the molecule is CCCC.CCCCCCCCCCCCSC(C(=O)Nc1ccccc1)c1ccccc1. The van der Waals surface area contributed by atoms with Crippen molar-refractivity contribution in [1.29, 1.82) is 0 Å². The molecule has 33 heavy (non-hydrogen) atoms. The van der Waals surface area contributed by atoms with Crippen LogP contribution in [-0.2, 0) is 4.79 Å². The number of thioether (sulfide) groups is 1. The van der Waals surface area contributed by atoms with Crippen LogP contribution in [0.2, 0.25) is 0 Å². The number of unbranched alkanes of at least 4 members (excludes halogenated alkanes) is 10. The second-order valence-electron chi connectivity index (χ2n) is 8.70. The summed E-state index contributed by atoms with van der Waals surface area (Å²) in [6.45, 7) is 6.63. The molecule has 0 fully saturated rings. The van der Waals surface area contributed by atoms with Crippen molar-refractivity contribution in [3.8, 4) is 0 Å². The first-order valence-corrected chi connectivity index (χ1v) is 14.3. The van der Waals surface area contributed by atoms with Gasteiger partial charge in [-0.3, -0.25) is 4.79 Å². The van der Waals surface area contributed by atoms with Crippen molar-refractivity contribution in [2.75, 3.05) is 11.1 Å². The van der Waals surface area contributed by atoms with Crippen molar-refractivity contribution < 1.29 is 4.79 Å². The molecule has 0 saturated heterocycles. The van der Waals surface area contributed by atoms with Gasteiger partial charge >= 0.3 is 0 Å². The predicted octanol–water partition coefficient (Wildman–Crippen LogP) is 9.83. The summed E-state index contributed by atoms with van der Waals surface area (Å²) in [5.74, 6) is 1.10. The fourth-order valence-corrected chi connectivity index (χ4v) is 4.64. The molecule has 2 aromatic carbocycles. The van der Waals surface area contributed by atoms with Crippen molar-refractivity contribution in [3.05, 3.63) is 66.2 Å². The number of hydrogen-bond acceptors (Lipinski definition) is 2. The monoisotopic (exact) mass is 469 g/mol. The lowest BCUT2D eigenvalue weighted by Gasteiger charge is -2.17. The molecule has 0 aliphatic carbocycles.